The molecule has 0 spiro atoms. The standard InChI is InChI=1S/C20H15F3N4O/c1-12-5-2-8-15-17(12)27-19(25-15)26-16-9-4-10-24-18(16)28-14-7-3-6-13(11-14)20(21,22)23/h2-11H,1H3,(H2,25,26,27). The van der Waals surface area contributed by atoms with E-state index >= 15 is 0 Å². The molecule has 0 saturated carbocycles. The van der Waals surface area contributed by atoms with Crippen LogP contribution >= 0.6 is 0 Å². The molecule has 0 saturated heterocycles. The zero-order chi connectivity index (χ0) is 19.7. The van der Waals surface area contributed by atoms with Crippen LogP contribution in [0.5, 0.6) is 11.6 Å². The van der Waals surface area contributed by atoms with E-state index in [0.29, 0.717) is 11.6 Å². The minimum absolute atomic E-state index is 0.0389. The fourth-order valence-corrected chi connectivity index (χ4v) is 2.78. The summed E-state index contributed by atoms with van der Waals surface area (Å²) in [5.41, 5.74) is 2.40. The molecule has 28 heavy (non-hydrogen) atoms. The van der Waals surface area contributed by atoms with Crippen molar-refractivity contribution in [2.45, 2.75) is 13.1 Å². The molecule has 2 aromatic carbocycles. The Morgan fingerprint density at radius 1 is 1.04 bits per heavy atom. The number of alkyl halides is 3. The van der Waals surface area contributed by atoms with Crippen LogP contribution in [-0.2, 0) is 6.18 Å². The van der Waals surface area contributed by atoms with Gasteiger partial charge in [-0.2, -0.15) is 13.2 Å². The lowest BCUT2D eigenvalue weighted by Gasteiger charge is -2.12. The Balaban J connectivity index is 1.63. The van der Waals surface area contributed by atoms with E-state index in [0.717, 1.165) is 28.7 Å². The van der Waals surface area contributed by atoms with E-state index in [1.54, 1.807) is 12.1 Å². The molecule has 0 aliphatic rings. The second-order valence-electron chi connectivity index (χ2n) is 6.17. The van der Waals surface area contributed by atoms with Crippen molar-refractivity contribution in [1.29, 1.82) is 0 Å². The maximum Gasteiger partial charge on any atom is 0.416 e. The first-order valence-electron chi connectivity index (χ1n) is 8.42. The second-order valence-corrected chi connectivity index (χ2v) is 6.17. The van der Waals surface area contributed by atoms with Gasteiger partial charge in [0.2, 0.25) is 11.8 Å². The Morgan fingerprint density at radius 2 is 1.86 bits per heavy atom. The number of anilines is 2. The number of H-pyrrole nitrogens is 1. The minimum atomic E-state index is -4.45. The number of nitrogens with zero attached hydrogens (tertiary/aromatic N) is 2. The van der Waals surface area contributed by atoms with Crippen molar-refractivity contribution in [3.8, 4) is 11.6 Å². The minimum Gasteiger partial charge on any atom is -0.437 e. The average molecular weight is 384 g/mol. The summed E-state index contributed by atoms with van der Waals surface area (Å²) in [5.74, 6) is 0.655. The largest absolute Gasteiger partial charge is 0.437 e. The van der Waals surface area contributed by atoms with Crippen LogP contribution in [0.1, 0.15) is 11.1 Å². The molecule has 4 aromatic rings. The van der Waals surface area contributed by atoms with E-state index < -0.39 is 11.7 Å². The van der Waals surface area contributed by atoms with Crippen LogP contribution in [-0.4, -0.2) is 15.0 Å². The summed E-state index contributed by atoms with van der Waals surface area (Å²) in [7, 11) is 0. The van der Waals surface area contributed by atoms with Crippen molar-refractivity contribution < 1.29 is 17.9 Å². The molecule has 0 aliphatic heterocycles. The van der Waals surface area contributed by atoms with E-state index in [-0.39, 0.29) is 11.6 Å². The number of pyridine rings is 1. The SMILES string of the molecule is Cc1cccc2[nH]c(Nc3cccnc3Oc3cccc(C(F)(F)F)c3)nc12. The van der Waals surface area contributed by atoms with Gasteiger partial charge in [-0.15, -0.1) is 0 Å². The highest BCUT2D eigenvalue weighted by molar-refractivity contribution is 5.81. The van der Waals surface area contributed by atoms with Gasteiger partial charge in [-0.25, -0.2) is 9.97 Å². The van der Waals surface area contributed by atoms with Crippen LogP contribution in [0.25, 0.3) is 11.0 Å². The predicted octanol–water partition coefficient (Wildman–Crippen LogP) is 5.82. The number of hydrogen-bond donors (Lipinski definition) is 2. The summed E-state index contributed by atoms with van der Waals surface area (Å²) in [4.78, 5) is 11.8. The van der Waals surface area contributed by atoms with E-state index in [9.17, 15) is 13.2 Å². The molecular weight excluding hydrogens is 369 g/mol. The molecule has 0 bridgehead atoms. The summed E-state index contributed by atoms with van der Waals surface area (Å²) in [5, 5.41) is 3.08. The summed E-state index contributed by atoms with van der Waals surface area (Å²) < 4.78 is 44.3. The average Bonchev–Trinajstić information content (AvgIpc) is 3.07. The predicted molar refractivity (Wildman–Crippen MR) is 99.9 cm³/mol. The number of aromatic nitrogens is 3. The van der Waals surface area contributed by atoms with Gasteiger partial charge in [0.1, 0.15) is 11.4 Å². The lowest BCUT2D eigenvalue weighted by atomic mass is 10.2. The molecular formula is C20H15F3N4O. The van der Waals surface area contributed by atoms with Crippen molar-refractivity contribution >= 4 is 22.7 Å². The number of para-hydroxylation sites is 1. The number of aryl methyl sites for hydroxylation is 1. The van der Waals surface area contributed by atoms with E-state index in [1.165, 1.54) is 18.3 Å². The zero-order valence-electron chi connectivity index (χ0n) is 14.7. The lowest BCUT2D eigenvalue weighted by Crippen LogP contribution is -2.04. The Kier molecular flexibility index (Phi) is 4.38. The maximum atomic E-state index is 12.9. The van der Waals surface area contributed by atoms with Crippen LogP contribution in [0.15, 0.2) is 60.8 Å². The lowest BCUT2D eigenvalue weighted by molar-refractivity contribution is -0.137. The van der Waals surface area contributed by atoms with Gasteiger partial charge in [0.05, 0.1) is 16.6 Å². The molecule has 2 N–H and O–H groups in total. The number of fused-ring (bicyclic) bond motifs is 1. The summed E-state index contributed by atoms with van der Waals surface area (Å²) >= 11 is 0. The van der Waals surface area contributed by atoms with Crippen molar-refractivity contribution in [1.82, 2.24) is 15.0 Å². The fourth-order valence-electron chi connectivity index (χ4n) is 2.78. The summed E-state index contributed by atoms with van der Waals surface area (Å²) in [6.07, 6.45) is -2.95. The maximum absolute atomic E-state index is 12.9. The molecule has 142 valence electrons. The smallest absolute Gasteiger partial charge is 0.416 e. The van der Waals surface area contributed by atoms with Gasteiger partial charge >= 0.3 is 6.18 Å². The number of hydrogen-bond acceptors (Lipinski definition) is 4. The van der Waals surface area contributed by atoms with Crippen molar-refractivity contribution in [3.63, 3.8) is 0 Å². The molecule has 0 atom stereocenters. The Labute approximate surface area is 158 Å². The number of halogens is 3. The highest BCUT2D eigenvalue weighted by atomic mass is 19.4. The first-order chi connectivity index (χ1) is 13.4. The molecule has 5 nitrogen and oxygen atoms in total. The van der Waals surface area contributed by atoms with Gasteiger partial charge in [-0.1, -0.05) is 18.2 Å². The second kappa shape index (κ2) is 6.88. The third-order valence-electron chi connectivity index (χ3n) is 4.11. The molecule has 0 unspecified atom stereocenters. The Morgan fingerprint density at radius 3 is 2.64 bits per heavy atom. The van der Waals surface area contributed by atoms with Crippen LogP contribution in [0, 0.1) is 6.92 Å². The van der Waals surface area contributed by atoms with Crippen molar-refractivity contribution in [2.75, 3.05) is 5.32 Å². The first-order valence-corrected chi connectivity index (χ1v) is 8.42. The molecule has 0 aliphatic carbocycles. The van der Waals surface area contributed by atoms with Crippen LogP contribution < -0.4 is 10.1 Å². The third kappa shape index (κ3) is 3.62. The van der Waals surface area contributed by atoms with Gasteiger partial charge in [0.15, 0.2) is 0 Å². The van der Waals surface area contributed by atoms with Crippen LogP contribution in [0.4, 0.5) is 24.8 Å². The third-order valence-corrected chi connectivity index (χ3v) is 4.11. The number of rotatable bonds is 4. The highest BCUT2D eigenvalue weighted by Crippen LogP contribution is 2.34. The normalized spacial score (nSPS) is 11.6. The van der Waals surface area contributed by atoms with Gasteiger partial charge in [-0.05, 0) is 48.9 Å². The topological polar surface area (TPSA) is 62.8 Å². The van der Waals surface area contributed by atoms with E-state index in [1.807, 2.05) is 25.1 Å². The Bertz CT molecular complexity index is 1140. The number of nitrogens with one attached hydrogen (secondary N) is 2. The van der Waals surface area contributed by atoms with Gasteiger partial charge in [-0.3, -0.25) is 0 Å². The van der Waals surface area contributed by atoms with E-state index in [4.69, 9.17) is 4.74 Å². The number of aromatic amines is 1. The Hall–Kier alpha value is -3.55. The molecule has 8 heteroatoms. The summed E-state index contributed by atoms with van der Waals surface area (Å²) in [6, 6.07) is 13.8. The van der Waals surface area contributed by atoms with Crippen LogP contribution in [0.3, 0.4) is 0 Å². The highest BCUT2D eigenvalue weighted by Gasteiger charge is 2.30. The summed E-state index contributed by atoms with van der Waals surface area (Å²) in [6.45, 7) is 1.96. The zero-order valence-corrected chi connectivity index (χ0v) is 14.7. The molecule has 0 fully saturated rings. The fraction of sp³-hybridized carbons (Fsp3) is 0.100. The molecule has 2 heterocycles. The van der Waals surface area contributed by atoms with Gasteiger partial charge in [0.25, 0.3) is 0 Å². The quantitative estimate of drug-likeness (QED) is 0.465. The van der Waals surface area contributed by atoms with Crippen molar-refractivity contribution in [3.05, 3.63) is 71.9 Å². The number of ether oxygens (including phenoxy) is 1. The number of benzene rings is 2. The van der Waals surface area contributed by atoms with Gasteiger partial charge in [0, 0.05) is 6.20 Å². The van der Waals surface area contributed by atoms with Crippen LogP contribution in [0.2, 0.25) is 0 Å². The first kappa shape index (κ1) is 17.8. The molecule has 0 radical (unpaired) electrons. The molecule has 0 amide bonds. The van der Waals surface area contributed by atoms with Crippen molar-refractivity contribution in [2.24, 2.45) is 0 Å². The molecule has 2 aromatic heterocycles. The monoisotopic (exact) mass is 384 g/mol. The molecule has 4 rings (SSSR count). The van der Waals surface area contributed by atoms with E-state index in [2.05, 4.69) is 20.3 Å². The number of imidazole rings is 1. The van der Waals surface area contributed by atoms with Gasteiger partial charge < -0.3 is 15.0 Å².